The maximum Gasteiger partial charge on any atom is 0.322 e. The van der Waals surface area contributed by atoms with Crippen molar-refractivity contribution >= 4 is 5.97 Å². The number of carbonyl (C=O) groups is 1. The summed E-state index contributed by atoms with van der Waals surface area (Å²) in [6, 6.07) is 0.273. The minimum absolute atomic E-state index is 0.394. The van der Waals surface area contributed by atoms with E-state index in [0.717, 1.165) is 25.4 Å². The second-order valence-corrected chi connectivity index (χ2v) is 5.47. The maximum atomic E-state index is 11.2. The van der Waals surface area contributed by atoms with Crippen molar-refractivity contribution in [3.05, 3.63) is 0 Å². The van der Waals surface area contributed by atoms with Crippen LogP contribution in [0.25, 0.3) is 0 Å². The lowest BCUT2D eigenvalue weighted by molar-refractivity contribution is -0.140. The summed E-state index contributed by atoms with van der Waals surface area (Å²) in [4.78, 5) is 13.6. The molecule has 0 radical (unpaired) electrons. The van der Waals surface area contributed by atoms with Crippen LogP contribution in [0.4, 0.5) is 0 Å². The molecule has 2 aliphatic carbocycles. The van der Waals surface area contributed by atoms with Crippen LogP contribution >= 0.6 is 0 Å². The molecule has 0 aromatic carbocycles. The molecule has 1 unspecified atom stereocenters. The molecule has 0 bridgehead atoms. The van der Waals surface area contributed by atoms with E-state index < -0.39 is 12.0 Å². The fraction of sp³-hybridized carbons (Fsp3) is 0.923. The van der Waals surface area contributed by atoms with Crippen LogP contribution in [0.5, 0.6) is 0 Å². The van der Waals surface area contributed by atoms with Gasteiger partial charge in [0.2, 0.25) is 0 Å². The topological polar surface area (TPSA) is 52.6 Å². The molecule has 0 amide bonds. The minimum Gasteiger partial charge on any atom is -0.480 e. The second-order valence-electron chi connectivity index (χ2n) is 5.47. The van der Waals surface area contributed by atoms with E-state index in [1.54, 1.807) is 0 Å². The predicted molar refractivity (Wildman–Crippen MR) is 67.0 cm³/mol. The molecule has 4 heteroatoms. The molecule has 1 atom stereocenters. The first-order valence-electron chi connectivity index (χ1n) is 6.91. The zero-order chi connectivity index (χ0) is 12.3. The van der Waals surface area contributed by atoms with Crippen LogP contribution in [0.2, 0.25) is 0 Å². The molecule has 0 aromatic heterocycles. The highest BCUT2D eigenvalue weighted by Gasteiger charge is 2.35. The summed E-state index contributed by atoms with van der Waals surface area (Å²) >= 11 is 0. The number of nitrogens with one attached hydrogen (secondary N) is 1. The van der Waals surface area contributed by atoms with Crippen molar-refractivity contribution in [2.75, 3.05) is 19.6 Å². The molecule has 0 spiro atoms. The Morgan fingerprint density at radius 1 is 1.41 bits per heavy atom. The van der Waals surface area contributed by atoms with Crippen LogP contribution in [0.3, 0.4) is 0 Å². The number of carboxylic acids is 1. The molecule has 98 valence electrons. The van der Waals surface area contributed by atoms with Gasteiger partial charge in [0, 0.05) is 19.1 Å². The Kier molecular flexibility index (Phi) is 4.40. The van der Waals surface area contributed by atoms with Crippen LogP contribution in [-0.4, -0.2) is 47.7 Å². The standard InChI is InChI=1S/C13H24N2O2/c1-2-7-14-12(13(16)17)9-15(11-5-6-11)8-10-3-4-10/h10-12,14H,2-9H2,1H3,(H,16,17). The minimum atomic E-state index is -0.708. The van der Waals surface area contributed by atoms with Gasteiger partial charge in [0.15, 0.2) is 0 Å². The van der Waals surface area contributed by atoms with Crippen LogP contribution in [0.1, 0.15) is 39.0 Å². The highest BCUT2D eigenvalue weighted by Crippen LogP contribution is 2.34. The lowest BCUT2D eigenvalue weighted by atomic mass is 10.2. The maximum absolute atomic E-state index is 11.2. The Morgan fingerprint density at radius 3 is 2.59 bits per heavy atom. The zero-order valence-corrected chi connectivity index (χ0v) is 10.7. The molecular formula is C13H24N2O2. The average Bonchev–Trinajstić information content (AvgIpc) is 3.15. The molecular weight excluding hydrogens is 216 g/mol. The van der Waals surface area contributed by atoms with E-state index >= 15 is 0 Å². The van der Waals surface area contributed by atoms with Gasteiger partial charge in [0.25, 0.3) is 0 Å². The van der Waals surface area contributed by atoms with Crippen molar-refractivity contribution in [3.8, 4) is 0 Å². The normalized spacial score (nSPS) is 21.8. The number of aliphatic carboxylic acids is 1. The molecule has 4 nitrogen and oxygen atoms in total. The lowest BCUT2D eigenvalue weighted by Crippen LogP contribution is -2.47. The van der Waals surface area contributed by atoms with E-state index in [1.165, 1.54) is 25.7 Å². The summed E-state index contributed by atoms with van der Waals surface area (Å²) in [5.41, 5.74) is 0. The summed E-state index contributed by atoms with van der Waals surface area (Å²) in [5.74, 6) is 0.135. The first kappa shape index (κ1) is 12.8. The Balaban J connectivity index is 1.81. The first-order valence-corrected chi connectivity index (χ1v) is 6.91. The number of hydrogen-bond acceptors (Lipinski definition) is 3. The van der Waals surface area contributed by atoms with Crippen molar-refractivity contribution in [1.82, 2.24) is 10.2 Å². The summed E-state index contributed by atoms with van der Waals surface area (Å²) in [6.07, 6.45) is 6.17. The van der Waals surface area contributed by atoms with Gasteiger partial charge in [0.05, 0.1) is 0 Å². The van der Waals surface area contributed by atoms with Crippen LogP contribution < -0.4 is 5.32 Å². The molecule has 0 aromatic rings. The van der Waals surface area contributed by atoms with Crippen molar-refractivity contribution < 1.29 is 9.90 Å². The van der Waals surface area contributed by atoms with Crippen LogP contribution in [-0.2, 0) is 4.79 Å². The molecule has 0 saturated heterocycles. The van der Waals surface area contributed by atoms with Gasteiger partial charge in [-0.05, 0) is 44.6 Å². The largest absolute Gasteiger partial charge is 0.480 e. The third-order valence-corrected chi connectivity index (χ3v) is 3.61. The molecule has 0 aliphatic heterocycles. The fourth-order valence-electron chi connectivity index (χ4n) is 2.23. The Morgan fingerprint density at radius 2 is 2.12 bits per heavy atom. The van der Waals surface area contributed by atoms with E-state index in [1.807, 2.05) is 0 Å². The van der Waals surface area contributed by atoms with E-state index in [4.69, 9.17) is 0 Å². The quantitative estimate of drug-likeness (QED) is 0.638. The molecule has 2 aliphatic rings. The molecule has 17 heavy (non-hydrogen) atoms. The summed E-state index contributed by atoms with van der Waals surface area (Å²) in [6.45, 7) is 4.65. The Labute approximate surface area is 103 Å². The van der Waals surface area contributed by atoms with E-state index in [0.29, 0.717) is 12.6 Å². The molecule has 2 saturated carbocycles. The number of rotatable bonds is 9. The van der Waals surface area contributed by atoms with Crippen molar-refractivity contribution in [1.29, 1.82) is 0 Å². The van der Waals surface area contributed by atoms with Crippen LogP contribution in [0.15, 0.2) is 0 Å². The lowest BCUT2D eigenvalue weighted by Gasteiger charge is -2.26. The SMILES string of the molecule is CCCNC(CN(CC1CC1)C1CC1)C(=O)O. The molecule has 2 rings (SSSR count). The van der Waals surface area contributed by atoms with Crippen molar-refractivity contribution in [2.45, 2.75) is 51.1 Å². The van der Waals surface area contributed by atoms with E-state index in [9.17, 15) is 9.90 Å². The monoisotopic (exact) mass is 240 g/mol. The second kappa shape index (κ2) is 5.83. The summed E-state index contributed by atoms with van der Waals surface area (Å²) in [7, 11) is 0. The number of hydrogen-bond donors (Lipinski definition) is 2. The van der Waals surface area contributed by atoms with Gasteiger partial charge in [-0.3, -0.25) is 9.69 Å². The number of nitrogens with zero attached hydrogens (tertiary/aromatic N) is 1. The van der Waals surface area contributed by atoms with Gasteiger partial charge >= 0.3 is 5.97 Å². The third kappa shape index (κ3) is 4.28. The Bertz CT molecular complexity index is 262. The van der Waals surface area contributed by atoms with Gasteiger partial charge in [-0.15, -0.1) is 0 Å². The summed E-state index contributed by atoms with van der Waals surface area (Å²) < 4.78 is 0. The van der Waals surface area contributed by atoms with Gasteiger partial charge in [-0.2, -0.15) is 0 Å². The van der Waals surface area contributed by atoms with Gasteiger partial charge in [-0.1, -0.05) is 6.92 Å². The van der Waals surface area contributed by atoms with Gasteiger partial charge in [-0.25, -0.2) is 0 Å². The molecule has 0 heterocycles. The van der Waals surface area contributed by atoms with E-state index in [-0.39, 0.29) is 0 Å². The fourth-order valence-corrected chi connectivity index (χ4v) is 2.23. The van der Waals surface area contributed by atoms with E-state index in [2.05, 4.69) is 17.1 Å². The van der Waals surface area contributed by atoms with Crippen molar-refractivity contribution in [3.63, 3.8) is 0 Å². The predicted octanol–water partition coefficient (Wildman–Crippen LogP) is 1.31. The number of carboxylic acid groups (broad SMARTS) is 1. The third-order valence-electron chi connectivity index (χ3n) is 3.61. The highest BCUT2D eigenvalue weighted by atomic mass is 16.4. The van der Waals surface area contributed by atoms with Crippen LogP contribution in [0, 0.1) is 5.92 Å². The Hall–Kier alpha value is -0.610. The van der Waals surface area contributed by atoms with Gasteiger partial charge < -0.3 is 10.4 Å². The first-order chi connectivity index (χ1) is 8.20. The smallest absolute Gasteiger partial charge is 0.322 e. The molecule has 2 fully saturated rings. The van der Waals surface area contributed by atoms with Gasteiger partial charge in [0.1, 0.15) is 6.04 Å². The molecule has 2 N–H and O–H groups in total. The average molecular weight is 240 g/mol. The van der Waals surface area contributed by atoms with Crippen molar-refractivity contribution in [2.24, 2.45) is 5.92 Å². The highest BCUT2D eigenvalue weighted by molar-refractivity contribution is 5.73. The summed E-state index contributed by atoms with van der Waals surface area (Å²) in [5, 5.41) is 12.3. The zero-order valence-electron chi connectivity index (χ0n) is 10.7.